The van der Waals surface area contributed by atoms with Crippen molar-refractivity contribution in [3.05, 3.63) is 64.2 Å². The summed E-state index contributed by atoms with van der Waals surface area (Å²) in [6, 6.07) is 12.0. The van der Waals surface area contributed by atoms with Crippen molar-refractivity contribution in [1.29, 1.82) is 0 Å². The highest BCUT2D eigenvalue weighted by atomic mass is 35.5. The third-order valence-corrected chi connectivity index (χ3v) is 7.11. The van der Waals surface area contributed by atoms with Gasteiger partial charge in [-0.1, -0.05) is 29.8 Å². The van der Waals surface area contributed by atoms with Crippen molar-refractivity contribution in [3.63, 3.8) is 0 Å². The van der Waals surface area contributed by atoms with Crippen molar-refractivity contribution >= 4 is 33.2 Å². The molecule has 1 N–H and O–H groups in total. The van der Waals surface area contributed by atoms with Crippen LogP contribution in [0.4, 0.5) is 5.69 Å². The fourth-order valence-corrected chi connectivity index (χ4v) is 4.69. The van der Waals surface area contributed by atoms with Crippen LogP contribution in [0.15, 0.2) is 42.5 Å². The van der Waals surface area contributed by atoms with Crippen molar-refractivity contribution in [2.24, 2.45) is 0 Å². The molecule has 0 spiro atoms. The minimum atomic E-state index is -3.36. The van der Waals surface area contributed by atoms with Gasteiger partial charge in [-0.25, -0.2) is 8.42 Å². The van der Waals surface area contributed by atoms with Gasteiger partial charge in [0.1, 0.15) is 0 Å². The molecule has 2 aromatic rings. The minimum Gasteiger partial charge on any atom is -0.322 e. The summed E-state index contributed by atoms with van der Waals surface area (Å²) in [4.78, 5) is 14.5. The van der Waals surface area contributed by atoms with E-state index in [1.165, 1.54) is 4.31 Å². The first-order chi connectivity index (χ1) is 13.2. The highest BCUT2D eigenvalue weighted by Crippen LogP contribution is 2.21. The van der Waals surface area contributed by atoms with E-state index in [2.05, 4.69) is 10.2 Å². The molecule has 150 valence electrons. The molecule has 2 aromatic carbocycles. The van der Waals surface area contributed by atoms with E-state index >= 15 is 0 Å². The predicted octanol–water partition coefficient (Wildman–Crippen LogP) is 2.98. The Morgan fingerprint density at radius 3 is 2.32 bits per heavy atom. The number of benzene rings is 2. The molecule has 3 rings (SSSR count). The van der Waals surface area contributed by atoms with Crippen LogP contribution in [-0.4, -0.2) is 56.8 Å². The summed E-state index contributed by atoms with van der Waals surface area (Å²) in [7, 11) is -1.37. The maximum atomic E-state index is 12.6. The van der Waals surface area contributed by atoms with E-state index in [1.807, 2.05) is 20.0 Å². The SMILES string of the molecule is Cc1ccc(NC(=O)c2ccc(CS(=O)(=O)N3CCN(C)CC3)cc2)cc1Cl. The number of amides is 1. The van der Waals surface area contributed by atoms with Crippen molar-refractivity contribution in [2.45, 2.75) is 12.7 Å². The van der Waals surface area contributed by atoms with E-state index in [-0.39, 0.29) is 11.7 Å². The maximum Gasteiger partial charge on any atom is 0.255 e. The van der Waals surface area contributed by atoms with Crippen LogP contribution < -0.4 is 5.32 Å². The zero-order valence-electron chi connectivity index (χ0n) is 16.0. The number of carbonyl (C=O) groups is 1. The summed E-state index contributed by atoms with van der Waals surface area (Å²) >= 11 is 6.08. The summed E-state index contributed by atoms with van der Waals surface area (Å²) < 4.78 is 26.7. The first kappa shape index (κ1) is 20.8. The van der Waals surface area contributed by atoms with Crippen LogP contribution in [0.5, 0.6) is 0 Å². The number of sulfonamides is 1. The number of nitrogens with zero attached hydrogens (tertiary/aromatic N) is 2. The van der Waals surface area contributed by atoms with Crippen molar-refractivity contribution in [1.82, 2.24) is 9.21 Å². The van der Waals surface area contributed by atoms with Crippen LogP contribution in [0.3, 0.4) is 0 Å². The molecule has 0 aliphatic carbocycles. The molecule has 0 radical (unpaired) electrons. The van der Waals surface area contributed by atoms with Gasteiger partial charge in [0.15, 0.2) is 0 Å². The van der Waals surface area contributed by atoms with Crippen LogP contribution in [0.25, 0.3) is 0 Å². The highest BCUT2D eigenvalue weighted by Gasteiger charge is 2.25. The lowest BCUT2D eigenvalue weighted by Crippen LogP contribution is -2.47. The molecule has 1 amide bonds. The average molecular weight is 422 g/mol. The second kappa shape index (κ2) is 8.61. The van der Waals surface area contributed by atoms with Crippen LogP contribution in [0.2, 0.25) is 5.02 Å². The van der Waals surface area contributed by atoms with Gasteiger partial charge in [0.05, 0.1) is 5.75 Å². The smallest absolute Gasteiger partial charge is 0.255 e. The standard InChI is InChI=1S/C20H24ClN3O3S/c1-15-3-8-18(13-19(15)21)22-20(25)17-6-4-16(5-7-17)14-28(26,27)24-11-9-23(2)10-12-24/h3-8,13H,9-12,14H2,1-2H3,(H,22,25). The van der Waals surface area contributed by atoms with Crippen molar-refractivity contribution < 1.29 is 13.2 Å². The lowest BCUT2D eigenvalue weighted by atomic mass is 10.1. The predicted molar refractivity (Wildman–Crippen MR) is 112 cm³/mol. The maximum absolute atomic E-state index is 12.6. The molecule has 0 bridgehead atoms. The molecule has 0 atom stereocenters. The molecular formula is C20H24ClN3O3S. The Balaban J connectivity index is 1.64. The first-order valence-electron chi connectivity index (χ1n) is 9.07. The van der Waals surface area contributed by atoms with Gasteiger partial charge < -0.3 is 10.2 Å². The molecule has 1 heterocycles. The Bertz CT molecular complexity index is 953. The lowest BCUT2D eigenvalue weighted by Gasteiger charge is -2.31. The molecule has 1 aliphatic rings. The van der Waals surface area contributed by atoms with Crippen molar-refractivity contribution in [2.75, 3.05) is 38.5 Å². The average Bonchev–Trinajstić information content (AvgIpc) is 2.65. The number of carbonyl (C=O) groups excluding carboxylic acids is 1. The van der Waals surface area contributed by atoms with Crippen LogP contribution in [0.1, 0.15) is 21.5 Å². The van der Waals surface area contributed by atoms with E-state index in [4.69, 9.17) is 11.6 Å². The summed E-state index contributed by atoms with van der Waals surface area (Å²) in [5.41, 5.74) is 2.67. The highest BCUT2D eigenvalue weighted by molar-refractivity contribution is 7.88. The normalized spacial score (nSPS) is 16.1. The molecule has 1 fully saturated rings. The number of piperazine rings is 1. The van der Waals surface area contributed by atoms with E-state index < -0.39 is 10.0 Å². The summed E-state index contributed by atoms with van der Waals surface area (Å²) in [5, 5.41) is 3.38. The van der Waals surface area contributed by atoms with Crippen LogP contribution >= 0.6 is 11.6 Å². The molecule has 1 saturated heterocycles. The quantitative estimate of drug-likeness (QED) is 0.805. The molecule has 6 nitrogen and oxygen atoms in total. The largest absolute Gasteiger partial charge is 0.322 e. The Morgan fingerprint density at radius 2 is 1.71 bits per heavy atom. The molecule has 28 heavy (non-hydrogen) atoms. The van der Waals surface area contributed by atoms with Gasteiger partial charge in [0.2, 0.25) is 10.0 Å². The molecular weight excluding hydrogens is 398 g/mol. The Morgan fingerprint density at radius 1 is 1.07 bits per heavy atom. The number of nitrogens with one attached hydrogen (secondary N) is 1. The third-order valence-electron chi connectivity index (χ3n) is 4.85. The van der Waals surface area contributed by atoms with Gasteiger partial charge in [-0.05, 0) is 49.4 Å². The number of rotatable bonds is 5. The second-order valence-corrected chi connectivity index (χ2v) is 9.45. The fraction of sp³-hybridized carbons (Fsp3) is 0.350. The van der Waals surface area contributed by atoms with Crippen molar-refractivity contribution in [3.8, 4) is 0 Å². The number of aryl methyl sites for hydroxylation is 1. The fourth-order valence-electron chi connectivity index (χ4n) is 2.99. The summed E-state index contributed by atoms with van der Waals surface area (Å²) in [6.45, 7) is 4.39. The third kappa shape index (κ3) is 5.11. The van der Waals surface area contributed by atoms with E-state index in [9.17, 15) is 13.2 Å². The summed E-state index contributed by atoms with van der Waals surface area (Å²) in [5.74, 6) is -0.333. The topological polar surface area (TPSA) is 69.7 Å². The monoisotopic (exact) mass is 421 g/mol. The Labute approximate surface area is 171 Å². The van der Waals surface area contributed by atoms with E-state index in [0.29, 0.717) is 34.9 Å². The van der Waals surface area contributed by atoms with Crippen LogP contribution in [0, 0.1) is 6.92 Å². The van der Waals surface area contributed by atoms with E-state index in [0.717, 1.165) is 18.7 Å². The van der Waals surface area contributed by atoms with Gasteiger partial charge >= 0.3 is 0 Å². The molecule has 0 saturated carbocycles. The summed E-state index contributed by atoms with van der Waals surface area (Å²) in [6.07, 6.45) is 0. The van der Waals surface area contributed by atoms with Gasteiger partial charge in [-0.15, -0.1) is 0 Å². The zero-order valence-corrected chi connectivity index (χ0v) is 17.6. The number of hydrogen-bond donors (Lipinski definition) is 1. The van der Waals surface area contributed by atoms with Gasteiger partial charge in [-0.2, -0.15) is 4.31 Å². The zero-order chi connectivity index (χ0) is 20.3. The Kier molecular flexibility index (Phi) is 6.40. The van der Waals surface area contributed by atoms with Gasteiger partial charge in [-0.3, -0.25) is 4.79 Å². The Hall–Kier alpha value is -1.93. The van der Waals surface area contributed by atoms with E-state index in [1.54, 1.807) is 36.4 Å². The number of hydrogen-bond acceptors (Lipinski definition) is 4. The number of likely N-dealkylation sites (N-methyl/N-ethyl adjacent to an activating group) is 1. The van der Waals surface area contributed by atoms with Gasteiger partial charge in [0, 0.05) is 42.5 Å². The molecule has 0 aromatic heterocycles. The number of anilines is 1. The molecule has 1 aliphatic heterocycles. The minimum absolute atomic E-state index is 0.0633. The van der Waals surface area contributed by atoms with Gasteiger partial charge in [0.25, 0.3) is 5.91 Å². The van der Waals surface area contributed by atoms with Crippen LogP contribution in [-0.2, 0) is 15.8 Å². The number of halogens is 1. The lowest BCUT2D eigenvalue weighted by molar-refractivity contribution is 0.102. The first-order valence-corrected chi connectivity index (χ1v) is 11.1. The molecule has 8 heteroatoms. The molecule has 0 unspecified atom stereocenters. The second-order valence-electron chi connectivity index (χ2n) is 7.07.